The number of thiocarbonyl (C=S) groups is 1. The van der Waals surface area contributed by atoms with E-state index in [1.165, 1.54) is 0 Å². The van der Waals surface area contributed by atoms with Gasteiger partial charge in [0.2, 0.25) is 0 Å². The number of nitrogens with one attached hydrogen (secondary N) is 1. The number of rotatable bonds is 5. The van der Waals surface area contributed by atoms with Gasteiger partial charge in [-0.25, -0.2) is 0 Å². The average molecular weight is 508 g/mol. The first-order valence-electron chi connectivity index (χ1n) is 12.3. The van der Waals surface area contributed by atoms with Gasteiger partial charge in [0.15, 0.2) is 0 Å². The van der Waals surface area contributed by atoms with E-state index >= 15 is 0 Å². The summed E-state index contributed by atoms with van der Waals surface area (Å²) in [7, 11) is 7.67. The van der Waals surface area contributed by atoms with Crippen LogP contribution in [0.1, 0.15) is 22.3 Å². The molecule has 2 aliphatic heterocycles. The topological polar surface area (TPSA) is 37.0 Å². The monoisotopic (exact) mass is 507 g/mol. The first kappa shape index (κ1) is 23.4. The zero-order valence-corrected chi connectivity index (χ0v) is 22.2. The molecule has 6 rings (SSSR count). The number of fused-ring (bicyclic) bond motifs is 4. The fourth-order valence-electron chi connectivity index (χ4n) is 6.05. The molecule has 2 aliphatic rings. The molecule has 5 nitrogen and oxygen atoms in total. The first-order chi connectivity index (χ1) is 18.0. The van der Waals surface area contributed by atoms with Crippen molar-refractivity contribution in [1.29, 1.82) is 0 Å². The molecule has 0 fully saturated rings. The summed E-state index contributed by atoms with van der Waals surface area (Å²) in [6.07, 6.45) is 0. The molecule has 0 unspecified atom stereocenters. The molecule has 2 heterocycles. The van der Waals surface area contributed by atoms with Crippen molar-refractivity contribution in [2.75, 3.05) is 38.1 Å². The number of anilines is 4. The van der Waals surface area contributed by atoms with E-state index in [9.17, 15) is 0 Å². The van der Waals surface area contributed by atoms with Crippen LogP contribution in [0.5, 0.6) is 11.5 Å². The Hall–Kier alpha value is -4.03. The van der Waals surface area contributed by atoms with Gasteiger partial charge in [-0.15, -0.1) is 0 Å². The van der Waals surface area contributed by atoms with E-state index in [1.807, 2.05) is 42.5 Å². The molecule has 0 radical (unpaired) electrons. The summed E-state index contributed by atoms with van der Waals surface area (Å²) in [4.78, 5) is 5.19. The predicted molar refractivity (Wildman–Crippen MR) is 154 cm³/mol. The number of nitrogens with zero attached hydrogens (tertiary/aromatic N) is 2. The third-order valence-electron chi connectivity index (χ3n) is 7.68. The molecule has 0 aliphatic carbocycles. The van der Waals surface area contributed by atoms with E-state index in [0.29, 0.717) is 11.5 Å². The maximum absolute atomic E-state index is 6.44. The molecular weight excluding hydrogens is 478 g/mol. The van der Waals surface area contributed by atoms with Gasteiger partial charge in [0, 0.05) is 60.1 Å². The van der Waals surface area contributed by atoms with Crippen molar-refractivity contribution in [3.63, 3.8) is 0 Å². The summed E-state index contributed by atoms with van der Waals surface area (Å²) in [6, 6.07) is 29.2. The first-order valence-corrected chi connectivity index (χ1v) is 12.7. The average Bonchev–Trinajstić information content (AvgIpc) is 2.95. The van der Waals surface area contributed by atoms with Gasteiger partial charge in [-0.1, -0.05) is 60.7 Å². The maximum atomic E-state index is 6.44. The quantitative estimate of drug-likeness (QED) is 0.319. The summed E-state index contributed by atoms with van der Waals surface area (Å²) >= 11 is 6.44. The fraction of sp³-hybridized carbons (Fsp3) is 0.194. The fourth-order valence-corrected chi connectivity index (χ4v) is 6.43. The Morgan fingerprint density at radius 1 is 0.676 bits per heavy atom. The third-order valence-corrected chi connectivity index (χ3v) is 8.13. The molecular formula is C31H29N3O2S. The molecule has 0 aromatic heterocycles. The van der Waals surface area contributed by atoms with E-state index in [0.717, 1.165) is 56.5 Å². The Morgan fingerprint density at radius 3 is 1.62 bits per heavy atom. The van der Waals surface area contributed by atoms with Crippen molar-refractivity contribution in [3.8, 4) is 11.5 Å². The van der Waals surface area contributed by atoms with E-state index < -0.39 is 5.41 Å². The van der Waals surface area contributed by atoms with Crippen molar-refractivity contribution in [1.82, 2.24) is 5.32 Å². The number of hydrogen-bond acceptors (Lipinski definition) is 5. The molecule has 0 amide bonds. The SMILES string of the molecule is COc1cccc2c1C1(C(=S)NCc3ccccc3)c3c(OC)cccc3N(C)c3cccc(c31)N2C. The zero-order chi connectivity index (χ0) is 25.7. The van der Waals surface area contributed by atoms with Gasteiger partial charge in [-0.05, 0) is 42.0 Å². The Balaban J connectivity index is 1.73. The normalized spacial score (nSPS) is 14.3. The van der Waals surface area contributed by atoms with Crippen molar-refractivity contribution in [2.24, 2.45) is 0 Å². The second-order valence-corrected chi connectivity index (χ2v) is 9.82. The largest absolute Gasteiger partial charge is 0.496 e. The molecule has 186 valence electrons. The minimum atomic E-state index is -0.834. The second kappa shape index (κ2) is 8.82. The molecule has 0 saturated heterocycles. The van der Waals surface area contributed by atoms with Crippen LogP contribution in [0.25, 0.3) is 0 Å². The second-order valence-electron chi connectivity index (χ2n) is 9.42. The molecule has 6 heteroatoms. The van der Waals surface area contributed by atoms with Crippen LogP contribution in [-0.2, 0) is 12.0 Å². The minimum absolute atomic E-state index is 0.611. The highest BCUT2D eigenvalue weighted by Crippen LogP contribution is 2.63. The number of methoxy groups -OCH3 is 2. The Bertz CT molecular complexity index is 1400. The van der Waals surface area contributed by atoms with Crippen molar-refractivity contribution in [2.45, 2.75) is 12.0 Å². The van der Waals surface area contributed by atoms with E-state index in [4.69, 9.17) is 21.7 Å². The van der Waals surface area contributed by atoms with Gasteiger partial charge < -0.3 is 24.6 Å². The Labute approximate surface area is 223 Å². The van der Waals surface area contributed by atoms with E-state index in [2.05, 4.69) is 71.7 Å². The lowest BCUT2D eigenvalue weighted by Crippen LogP contribution is -2.51. The smallest absolute Gasteiger partial charge is 0.125 e. The van der Waals surface area contributed by atoms with Crippen molar-refractivity contribution < 1.29 is 9.47 Å². The summed E-state index contributed by atoms with van der Waals surface area (Å²) in [6.45, 7) is 0.611. The Morgan fingerprint density at radius 2 is 1.14 bits per heavy atom. The molecule has 0 atom stereocenters. The number of hydrogen-bond donors (Lipinski definition) is 1. The molecule has 0 spiro atoms. The maximum Gasteiger partial charge on any atom is 0.125 e. The van der Waals surface area contributed by atoms with Crippen LogP contribution >= 0.6 is 12.2 Å². The van der Waals surface area contributed by atoms with E-state index in [1.54, 1.807) is 14.2 Å². The summed E-state index contributed by atoms with van der Waals surface area (Å²) < 4.78 is 12.1. The predicted octanol–water partition coefficient (Wildman–Crippen LogP) is 6.32. The van der Waals surface area contributed by atoms with Crippen LogP contribution in [0.3, 0.4) is 0 Å². The molecule has 4 aromatic rings. The van der Waals surface area contributed by atoms with Crippen LogP contribution in [-0.4, -0.2) is 33.3 Å². The van der Waals surface area contributed by atoms with Gasteiger partial charge >= 0.3 is 0 Å². The van der Waals surface area contributed by atoms with Crippen molar-refractivity contribution in [3.05, 3.63) is 107 Å². The lowest BCUT2D eigenvalue weighted by atomic mass is 9.62. The van der Waals surface area contributed by atoms with Crippen LogP contribution in [0, 0.1) is 0 Å². The van der Waals surface area contributed by atoms with Gasteiger partial charge in [-0.3, -0.25) is 0 Å². The molecule has 4 aromatic carbocycles. The van der Waals surface area contributed by atoms with Crippen LogP contribution in [0.2, 0.25) is 0 Å². The number of ether oxygens (including phenoxy) is 2. The van der Waals surface area contributed by atoms with Crippen molar-refractivity contribution >= 4 is 40.0 Å². The highest BCUT2D eigenvalue weighted by molar-refractivity contribution is 7.80. The van der Waals surface area contributed by atoms with Crippen LogP contribution in [0.15, 0.2) is 84.9 Å². The minimum Gasteiger partial charge on any atom is -0.496 e. The summed E-state index contributed by atoms with van der Waals surface area (Å²) in [5.74, 6) is 1.57. The number of benzene rings is 4. The van der Waals surface area contributed by atoms with Crippen LogP contribution in [0.4, 0.5) is 22.7 Å². The molecule has 0 bridgehead atoms. The third kappa shape index (κ3) is 3.18. The molecule has 0 saturated carbocycles. The standard InChI is InChI=1S/C31H29N3O2S/c1-33-21-13-8-14-22-27(21)31(28-23(33)15-9-17-25(28)35-3,30(37)32-19-20-11-6-5-7-12-20)29-24(34(22)2)16-10-18-26(29)36-4/h5-18H,19H2,1-4H3,(H,32,37). The van der Waals surface area contributed by atoms with E-state index in [-0.39, 0.29) is 0 Å². The van der Waals surface area contributed by atoms with Gasteiger partial charge in [0.25, 0.3) is 0 Å². The Kier molecular flexibility index (Phi) is 5.57. The van der Waals surface area contributed by atoms with Crippen LogP contribution < -0.4 is 24.6 Å². The van der Waals surface area contributed by atoms with Gasteiger partial charge in [0.05, 0.1) is 19.2 Å². The lowest BCUT2D eigenvalue weighted by molar-refractivity contribution is 0.397. The van der Waals surface area contributed by atoms with Gasteiger partial charge in [0.1, 0.15) is 16.9 Å². The highest BCUT2D eigenvalue weighted by atomic mass is 32.1. The zero-order valence-electron chi connectivity index (χ0n) is 21.4. The summed E-state index contributed by atoms with van der Waals surface area (Å²) in [5, 5.41) is 3.66. The molecule has 1 N–H and O–H groups in total. The summed E-state index contributed by atoms with van der Waals surface area (Å²) in [5.41, 5.74) is 7.79. The van der Waals surface area contributed by atoms with Gasteiger partial charge in [-0.2, -0.15) is 0 Å². The lowest BCUT2D eigenvalue weighted by Gasteiger charge is -2.51. The highest BCUT2D eigenvalue weighted by Gasteiger charge is 2.55. The molecule has 37 heavy (non-hydrogen) atoms.